The van der Waals surface area contributed by atoms with Gasteiger partial charge < -0.3 is 5.11 Å². The molecular weight excluding hydrogens is 183 g/mol. The molecule has 1 aromatic heterocycles. The second kappa shape index (κ2) is 3.33. The monoisotopic (exact) mass is 191 g/mol. The smallest absolute Gasteiger partial charge is 0.390 e. The molecule has 1 N–H and O–H groups in total. The maximum absolute atomic E-state index is 12.2. The van der Waals surface area contributed by atoms with Gasteiger partial charge in [-0.25, -0.2) is 0 Å². The Kier molecular flexibility index (Phi) is 2.56. The standard InChI is InChI=1S/C8H8F3NO/c1-5-2-6(8(9,10)11)3-7(4-13)12-5/h2-3,13H,4H2,1H3. The fraction of sp³-hybridized carbons (Fsp3) is 0.375. The molecule has 5 heteroatoms. The molecule has 0 aliphatic rings. The number of rotatable bonds is 1. The number of aliphatic hydroxyl groups is 1. The highest BCUT2D eigenvalue weighted by Gasteiger charge is 2.31. The molecule has 0 unspecified atom stereocenters. The van der Waals surface area contributed by atoms with E-state index in [1.807, 2.05) is 0 Å². The lowest BCUT2D eigenvalue weighted by Gasteiger charge is -2.08. The molecule has 72 valence electrons. The molecule has 0 fully saturated rings. The van der Waals surface area contributed by atoms with Crippen LogP contribution in [0, 0.1) is 6.92 Å². The molecular formula is C8H8F3NO. The lowest BCUT2D eigenvalue weighted by molar-refractivity contribution is -0.137. The van der Waals surface area contributed by atoms with Crippen molar-refractivity contribution in [3.05, 3.63) is 29.1 Å². The van der Waals surface area contributed by atoms with Gasteiger partial charge in [-0.1, -0.05) is 0 Å². The highest BCUT2D eigenvalue weighted by atomic mass is 19.4. The van der Waals surface area contributed by atoms with Crippen molar-refractivity contribution in [2.45, 2.75) is 19.7 Å². The first-order valence-electron chi connectivity index (χ1n) is 3.59. The van der Waals surface area contributed by atoms with Crippen LogP contribution in [0.15, 0.2) is 12.1 Å². The number of hydrogen-bond donors (Lipinski definition) is 1. The fourth-order valence-corrected chi connectivity index (χ4v) is 0.982. The van der Waals surface area contributed by atoms with Crippen molar-refractivity contribution in [1.29, 1.82) is 0 Å². The quantitative estimate of drug-likeness (QED) is 0.735. The molecule has 2 nitrogen and oxygen atoms in total. The summed E-state index contributed by atoms with van der Waals surface area (Å²) >= 11 is 0. The van der Waals surface area contributed by atoms with Crippen molar-refractivity contribution >= 4 is 0 Å². The molecule has 1 aromatic rings. The van der Waals surface area contributed by atoms with E-state index in [1.54, 1.807) is 0 Å². The van der Waals surface area contributed by atoms with E-state index in [9.17, 15) is 13.2 Å². The number of alkyl halides is 3. The third-order valence-electron chi connectivity index (χ3n) is 1.50. The van der Waals surface area contributed by atoms with E-state index in [-0.39, 0.29) is 11.4 Å². The van der Waals surface area contributed by atoms with Gasteiger partial charge in [0.1, 0.15) is 0 Å². The van der Waals surface area contributed by atoms with Gasteiger partial charge in [-0.15, -0.1) is 0 Å². The van der Waals surface area contributed by atoms with Gasteiger partial charge >= 0.3 is 6.18 Å². The van der Waals surface area contributed by atoms with Crippen LogP contribution in [-0.2, 0) is 12.8 Å². The number of aromatic nitrogens is 1. The van der Waals surface area contributed by atoms with Crippen molar-refractivity contribution in [3.63, 3.8) is 0 Å². The van der Waals surface area contributed by atoms with Crippen molar-refractivity contribution in [1.82, 2.24) is 4.98 Å². The maximum atomic E-state index is 12.2. The maximum Gasteiger partial charge on any atom is 0.416 e. The Balaban J connectivity index is 3.16. The molecule has 0 atom stereocenters. The lowest BCUT2D eigenvalue weighted by atomic mass is 10.2. The third kappa shape index (κ3) is 2.42. The lowest BCUT2D eigenvalue weighted by Crippen LogP contribution is -2.07. The normalized spacial score (nSPS) is 11.8. The number of halogens is 3. The van der Waals surface area contributed by atoms with Gasteiger partial charge in [-0.2, -0.15) is 13.2 Å². The zero-order valence-electron chi connectivity index (χ0n) is 6.89. The molecule has 0 saturated heterocycles. The largest absolute Gasteiger partial charge is 0.416 e. The van der Waals surface area contributed by atoms with Gasteiger partial charge in [0.25, 0.3) is 0 Å². The summed E-state index contributed by atoms with van der Waals surface area (Å²) in [4.78, 5) is 3.72. The Bertz CT molecular complexity index is 309. The zero-order chi connectivity index (χ0) is 10.1. The average Bonchev–Trinajstić information content (AvgIpc) is 2.01. The molecule has 1 heterocycles. The predicted octanol–water partition coefficient (Wildman–Crippen LogP) is 1.90. The van der Waals surface area contributed by atoms with Crippen LogP contribution in [0.4, 0.5) is 13.2 Å². The van der Waals surface area contributed by atoms with E-state index >= 15 is 0 Å². The Morgan fingerprint density at radius 1 is 1.38 bits per heavy atom. The summed E-state index contributed by atoms with van der Waals surface area (Å²) in [6.45, 7) is 0.971. The Hall–Kier alpha value is -1.10. The molecule has 13 heavy (non-hydrogen) atoms. The van der Waals surface area contributed by atoms with E-state index in [0.29, 0.717) is 0 Å². The predicted molar refractivity (Wildman–Crippen MR) is 39.9 cm³/mol. The van der Waals surface area contributed by atoms with Crippen LogP contribution in [0.2, 0.25) is 0 Å². The van der Waals surface area contributed by atoms with Crippen molar-refractivity contribution in [3.8, 4) is 0 Å². The SMILES string of the molecule is Cc1cc(C(F)(F)F)cc(CO)n1. The highest BCUT2D eigenvalue weighted by Crippen LogP contribution is 2.29. The van der Waals surface area contributed by atoms with Gasteiger partial charge in [0, 0.05) is 5.69 Å². The van der Waals surface area contributed by atoms with Crippen LogP contribution >= 0.6 is 0 Å². The minimum Gasteiger partial charge on any atom is -0.390 e. The molecule has 0 amide bonds. The van der Waals surface area contributed by atoms with Gasteiger partial charge in [0.05, 0.1) is 17.9 Å². The van der Waals surface area contributed by atoms with Crippen molar-refractivity contribution < 1.29 is 18.3 Å². The second-order valence-electron chi connectivity index (χ2n) is 2.64. The molecule has 0 radical (unpaired) electrons. The van der Waals surface area contributed by atoms with E-state index < -0.39 is 18.3 Å². The van der Waals surface area contributed by atoms with Crippen LogP contribution in [-0.4, -0.2) is 10.1 Å². The summed E-state index contributed by atoms with van der Waals surface area (Å²) in [6.07, 6.45) is -4.38. The van der Waals surface area contributed by atoms with Crippen molar-refractivity contribution in [2.24, 2.45) is 0 Å². The van der Waals surface area contributed by atoms with E-state index in [0.717, 1.165) is 12.1 Å². The summed E-state index contributed by atoms with van der Waals surface area (Å²) in [7, 11) is 0. The Morgan fingerprint density at radius 3 is 2.46 bits per heavy atom. The summed E-state index contributed by atoms with van der Waals surface area (Å²) in [5.41, 5.74) is -0.491. The molecule has 0 aliphatic carbocycles. The zero-order valence-corrected chi connectivity index (χ0v) is 6.89. The molecule has 0 bridgehead atoms. The van der Waals surface area contributed by atoms with Crippen LogP contribution in [0.3, 0.4) is 0 Å². The van der Waals surface area contributed by atoms with E-state index in [4.69, 9.17) is 5.11 Å². The number of aryl methyl sites for hydroxylation is 1. The summed E-state index contributed by atoms with van der Waals surface area (Å²) in [5.74, 6) is 0. The Labute approximate surface area is 73.0 Å². The van der Waals surface area contributed by atoms with Crippen LogP contribution in [0.5, 0.6) is 0 Å². The van der Waals surface area contributed by atoms with Gasteiger partial charge in [0.2, 0.25) is 0 Å². The van der Waals surface area contributed by atoms with Gasteiger partial charge in [0.15, 0.2) is 0 Å². The number of hydrogen-bond acceptors (Lipinski definition) is 2. The molecule has 0 aromatic carbocycles. The topological polar surface area (TPSA) is 33.1 Å². The van der Waals surface area contributed by atoms with E-state index in [1.165, 1.54) is 6.92 Å². The molecule has 1 rings (SSSR count). The third-order valence-corrected chi connectivity index (χ3v) is 1.50. The van der Waals surface area contributed by atoms with Crippen LogP contribution in [0.25, 0.3) is 0 Å². The first kappa shape index (κ1) is 9.98. The number of aliphatic hydroxyl groups excluding tert-OH is 1. The summed E-state index contributed by atoms with van der Waals surface area (Å²) in [6, 6.07) is 1.78. The highest BCUT2D eigenvalue weighted by molar-refractivity contribution is 5.23. The number of pyridine rings is 1. The van der Waals surface area contributed by atoms with Gasteiger partial charge in [-0.05, 0) is 19.1 Å². The average molecular weight is 191 g/mol. The van der Waals surface area contributed by atoms with Gasteiger partial charge in [-0.3, -0.25) is 4.98 Å². The summed E-state index contributed by atoms with van der Waals surface area (Å²) < 4.78 is 36.5. The van der Waals surface area contributed by atoms with Crippen molar-refractivity contribution in [2.75, 3.05) is 0 Å². The molecule has 0 saturated carbocycles. The van der Waals surface area contributed by atoms with Crippen LogP contribution in [0.1, 0.15) is 17.0 Å². The summed E-state index contributed by atoms with van der Waals surface area (Å²) in [5, 5.41) is 8.62. The molecule has 0 spiro atoms. The minimum atomic E-state index is -4.38. The minimum absolute atomic E-state index is 0.0346. The van der Waals surface area contributed by atoms with Crippen LogP contribution < -0.4 is 0 Å². The first-order chi connectivity index (χ1) is 5.93. The Morgan fingerprint density at radius 2 is 2.00 bits per heavy atom. The first-order valence-corrected chi connectivity index (χ1v) is 3.59. The van der Waals surface area contributed by atoms with E-state index in [2.05, 4.69) is 4.98 Å². The fourth-order valence-electron chi connectivity index (χ4n) is 0.982. The number of nitrogens with zero attached hydrogens (tertiary/aromatic N) is 1. The second-order valence-corrected chi connectivity index (χ2v) is 2.64. The molecule has 0 aliphatic heterocycles.